The number of rotatable bonds is 2. The van der Waals surface area contributed by atoms with Crippen molar-refractivity contribution in [3.05, 3.63) is 18.2 Å². The second-order valence-electron chi connectivity index (χ2n) is 5.47. The molecule has 1 fully saturated rings. The van der Waals surface area contributed by atoms with E-state index in [1.54, 1.807) is 0 Å². The predicted molar refractivity (Wildman–Crippen MR) is 72.5 cm³/mol. The van der Waals surface area contributed by atoms with Gasteiger partial charge in [-0.25, -0.2) is 4.98 Å². The summed E-state index contributed by atoms with van der Waals surface area (Å²) in [5, 5.41) is 0. The number of fused-ring (bicyclic) bond motifs is 1. The highest BCUT2D eigenvalue weighted by molar-refractivity contribution is 5.75. The van der Waals surface area contributed by atoms with E-state index in [0.717, 1.165) is 45.6 Å². The Hall–Kier alpha value is -1.36. The summed E-state index contributed by atoms with van der Waals surface area (Å²) >= 11 is 0. The van der Waals surface area contributed by atoms with E-state index in [0.29, 0.717) is 18.4 Å². The second-order valence-corrected chi connectivity index (χ2v) is 5.47. The molecule has 1 amide bonds. The third kappa shape index (κ3) is 2.52. The fourth-order valence-corrected chi connectivity index (χ4v) is 3.21. The first-order chi connectivity index (χ1) is 9.28. The molecule has 0 bridgehead atoms. The summed E-state index contributed by atoms with van der Waals surface area (Å²) in [4.78, 5) is 20.6. The Labute approximate surface area is 114 Å². The van der Waals surface area contributed by atoms with Crippen LogP contribution in [-0.4, -0.2) is 50.9 Å². The number of carbonyl (C=O) groups is 1. The first kappa shape index (κ1) is 12.7. The van der Waals surface area contributed by atoms with Gasteiger partial charge in [0.25, 0.3) is 0 Å². The van der Waals surface area contributed by atoms with Crippen molar-refractivity contribution in [2.24, 2.45) is 0 Å². The van der Waals surface area contributed by atoms with Gasteiger partial charge in [0.2, 0.25) is 5.91 Å². The SMILES string of the molecule is CCC(=O)N1CCC(N2CCn3ccnc3C2)CC1. The molecule has 0 N–H and O–H groups in total. The summed E-state index contributed by atoms with van der Waals surface area (Å²) in [5.74, 6) is 1.48. The van der Waals surface area contributed by atoms with Gasteiger partial charge in [-0.15, -0.1) is 0 Å². The van der Waals surface area contributed by atoms with Crippen molar-refractivity contribution in [1.82, 2.24) is 19.4 Å². The van der Waals surface area contributed by atoms with Crippen LogP contribution in [0.3, 0.4) is 0 Å². The topological polar surface area (TPSA) is 41.4 Å². The minimum atomic E-state index is 0.299. The fraction of sp³-hybridized carbons (Fsp3) is 0.714. The minimum Gasteiger partial charge on any atom is -0.343 e. The number of hydrogen-bond donors (Lipinski definition) is 0. The van der Waals surface area contributed by atoms with E-state index in [2.05, 4.69) is 20.6 Å². The Bertz CT molecular complexity index is 448. The maximum absolute atomic E-state index is 11.7. The van der Waals surface area contributed by atoms with Crippen LogP contribution in [0.5, 0.6) is 0 Å². The predicted octanol–water partition coefficient (Wildman–Crippen LogP) is 1.10. The first-order valence-corrected chi connectivity index (χ1v) is 7.29. The smallest absolute Gasteiger partial charge is 0.222 e. The van der Waals surface area contributed by atoms with E-state index in [1.165, 1.54) is 5.82 Å². The Balaban J connectivity index is 1.57. The molecule has 5 heteroatoms. The Morgan fingerprint density at radius 2 is 2.11 bits per heavy atom. The van der Waals surface area contributed by atoms with Crippen LogP contribution in [0.1, 0.15) is 32.0 Å². The van der Waals surface area contributed by atoms with Gasteiger partial charge >= 0.3 is 0 Å². The normalized spacial score (nSPS) is 21.4. The summed E-state index contributed by atoms with van der Waals surface area (Å²) < 4.78 is 2.24. The molecule has 0 atom stereocenters. The number of aromatic nitrogens is 2. The Kier molecular flexibility index (Phi) is 3.55. The van der Waals surface area contributed by atoms with Crippen molar-refractivity contribution >= 4 is 5.91 Å². The lowest BCUT2D eigenvalue weighted by Crippen LogP contribution is -2.48. The molecule has 0 radical (unpaired) electrons. The van der Waals surface area contributed by atoms with Crippen LogP contribution >= 0.6 is 0 Å². The lowest BCUT2D eigenvalue weighted by Gasteiger charge is -2.40. The highest BCUT2D eigenvalue weighted by Gasteiger charge is 2.28. The molecule has 0 aromatic carbocycles. The van der Waals surface area contributed by atoms with Crippen LogP contribution in [0.25, 0.3) is 0 Å². The summed E-state index contributed by atoms with van der Waals surface area (Å²) in [6.07, 6.45) is 6.79. The molecule has 2 aliphatic rings. The zero-order valence-corrected chi connectivity index (χ0v) is 11.6. The third-order valence-electron chi connectivity index (χ3n) is 4.41. The van der Waals surface area contributed by atoms with E-state index in [4.69, 9.17) is 0 Å². The average molecular weight is 262 g/mol. The van der Waals surface area contributed by atoms with Crippen LogP contribution < -0.4 is 0 Å². The molecule has 3 heterocycles. The monoisotopic (exact) mass is 262 g/mol. The lowest BCUT2D eigenvalue weighted by molar-refractivity contribution is -0.132. The van der Waals surface area contributed by atoms with Gasteiger partial charge in [-0.1, -0.05) is 6.92 Å². The van der Waals surface area contributed by atoms with Gasteiger partial charge in [0.1, 0.15) is 5.82 Å². The van der Waals surface area contributed by atoms with Crippen molar-refractivity contribution in [2.45, 2.75) is 45.3 Å². The van der Waals surface area contributed by atoms with E-state index >= 15 is 0 Å². The molecule has 0 spiro atoms. The first-order valence-electron chi connectivity index (χ1n) is 7.29. The molecule has 5 nitrogen and oxygen atoms in total. The zero-order chi connectivity index (χ0) is 13.2. The van der Waals surface area contributed by atoms with Crippen molar-refractivity contribution in [2.75, 3.05) is 19.6 Å². The van der Waals surface area contributed by atoms with Gasteiger partial charge in [0.15, 0.2) is 0 Å². The number of nitrogens with zero attached hydrogens (tertiary/aromatic N) is 4. The number of likely N-dealkylation sites (tertiary alicyclic amines) is 1. The Morgan fingerprint density at radius 1 is 1.32 bits per heavy atom. The van der Waals surface area contributed by atoms with Gasteiger partial charge in [-0.3, -0.25) is 9.69 Å². The highest BCUT2D eigenvalue weighted by Crippen LogP contribution is 2.21. The number of imidazole rings is 1. The van der Waals surface area contributed by atoms with Crippen LogP contribution in [0.15, 0.2) is 12.4 Å². The summed E-state index contributed by atoms with van der Waals surface area (Å²) in [6, 6.07) is 0.617. The lowest BCUT2D eigenvalue weighted by atomic mass is 10.0. The quantitative estimate of drug-likeness (QED) is 0.801. The van der Waals surface area contributed by atoms with Crippen molar-refractivity contribution < 1.29 is 4.79 Å². The number of piperidine rings is 1. The van der Waals surface area contributed by atoms with E-state index < -0.39 is 0 Å². The van der Waals surface area contributed by atoms with Gasteiger partial charge < -0.3 is 9.47 Å². The van der Waals surface area contributed by atoms with E-state index in [-0.39, 0.29) is 0 Å². The van der Waals surface area contributed by atoms with Crippen LogP contribution in [0, 0.1) is 0 Å². The molecule has 19 heavy (non-hydrogen) atoms. The summed E-state index contributed by atoms with van der Waals surface area (Å²) in [5.41, 5.74) is 0. The summed E-state index contributed by atoms with van der Waals surface area (Å²) in [7, 11) is 0. The second kappa shape index (κ2) is 5.33. The molecular weight excluding hydrogens is 240 g/mol. The average Bonchev–Trinajstić information content (AvgIpc) is 2.94. The molecule has 0 aliphatic carbocycles. The molecule has 0 unspecified atom stereocenters. The summed E-state index contributed by atoms with van der Waals surface area (Å²) in [6.45, 7) is 6.89. The van der Waals surface area contributed by atoms with Crippen LogP contribution in [0.4, 0.5) is 0 Å². The molecule has 3 rings (SSSR count). The maximum Gasteiger partial charge on any atom is 0.222 e. The van der Waals surface area contributed by atoms with Crippen molar-refractivity contribution in [1.29, 1.82) is 0 Å². The molecule has 1 aromatic heterocycles. The zero-order valence-electron chi connectivity index (χ0n) is 11.6. The van der Waals surface area contributed by atoms with Crippen LogP contribution in [0.2, 0.25) is 0 Å². The standard InChI is InChI=1S/C14H22N4O/c1-2-14(19)17-6-3-12(4-7-17)18-10-9-16-8-5-15-13(16)11-18/h5,8,12H,2-4,6-7,9-11H2,1H3. The largest absolute Gasteiger partial charge is 0.343 e. The fourth-order valence-electron chi connectivity index (χ4n) is 3.21. The van der Waals surface area contributed by atoms with E-state index in [1.807, 2.05) is 18.0 Å². The molecule has 1 aromatic rings. The molecule has 2 aliphatic heterocycles. The molecule has 104 valence electrons. The highest BCUT2D eigenvalue weighted by atomic mass is 16.2. The van der Waals surface area contributed by atoms with Gasteiger partial charge in [0.05, 0.1) is 6.54 Å². The Morgan fingerprint density at radius 3 is 2.84 bits per heavy atom. The van der Waals surface area contributed by atoms with Gasteiger partial charge in [-0.05, 0) is 12.8 Å². The van der Waals surface area contributed by atoms with Gasteiger partial charge in [0, 0.05) is 51.0 Å². The molecule has 0 saturated carbocycles. The minimum absolute atomic E-state index is 0.299. The van der Waals surface area contributed by atoms with Crippen molar-refractivity contribution in [3.63, 3.8) is 0 Å². The number of amides is 1. The third-order valence-corrected chi connectivity index (χ3v) is 4.41. The number of hydrogen-bond acceptors (Lipinski definition) is 3. The van der Waals surface area contributed by atoms with Gasteiger partial charge in [-0.2, -0.15) is 0 Å². The molecule has 1 saturated heterocycles. The van der Waals surface area contributed by atoms with E-state index in [9.17, 15) is 4.79 Å². The number of carbonyl (C=O) groups excluding carboxylic acids is 1. The molecular formula is C14H22N4O. The van der Waals surface area contributed by atoms with Crippen LogP contribution in [-0.2, 0) is 17.9 Å². The van der Waals surface area contributed by atoms with Crippen molar-refractivity contribution in [3.8, 4) is 0 Å². The maximum atomic E-state index is 11.7.